The van der Waals surface area contributed by atoms with Gasteiger partial charge in [-0.1, -0.05) is 22.8 Å². The molecule has 28 heavy (non-hydrogen) atoms. The van der Waals surface area contributed by atoms with Crippen molar-refractivity contribution < 1.29 is 13.7 Å². The number of nitrogens with one attached hydrogen (secondary N) is 1. The predicted molar refractivity (Wildman–Crippen MR) is 103 cm³/mol. The molecule has 1 aliphatic rings. The van der Waals surface area contributed by atoms with Gasteiger partial charge in [0, 0.05) is 41.2 Å². The van der Waals surface area contributed by atoms with Gasteiger partial charge in [0.2, 0.25) is 5.91 Å². The van der Waals surface area contributed by atoms with Gasteiger partial charge in [0.15, 0.2) is 5.82 Å². The van der Waals surface area contributed by atoms with Crippen molar-refractivity contribution in [1.29, 1.82) is 0 Å². The Morgan fingerprint density at radius 2 is 2.11 bits per heavy atom. The molecule has 8 heteroatoms. The summed E-state index contributed by atoms with van der Waals surface area (Å²) in [7, 11) is 0. The van der Waals surface area contributed by atoms with E-state index in [2.05, 4.69) is 15.1 Å². The number of nitrogens with zero attached hydrogens (tertiary/aromatic N) is 3. The highest BCUT2D eigenvalue weighted by molar-refractivity contribution is 6.31. The lowest BCUT2D eigenvalue weighted by molar-refractivity contribution is -0.117. The standard InChI is InChI=1S/C20H14ClFN4O2/c21-14-3-4-15(22)17(9-14)26-10-13(8-18(26)27)19-24-20(28-25-19)12-2-1-11-5-6-23-16(11)7-12/h1-7,9,13,23H,8,10H2. The molecule has 1 saturated heterocycles. The molecule has 1 N–H and O–H groups in total. The van der Waals surface area contributed by atoms with Crippen LogP contribution in [0, 0.1) is 5.82 Å². The van der Waals surface area contributed by atoms with E-state index >= 15 is 0 Å². The Kier molecular flexibility index (Phi) is 3.91. The number of hydrogen-bond acceptors (Lipinski definition) is 4. The number of hydrogen-bond donors (Lipinski definition) is 1. The molecular formula is C20H14ClFN4O2. The van der Waals surface area contributed by atoms with E-state index in [1.807, 2.05) is 30.5 Å². The van der Waals surface area contributed by atoms with Crippen molar-refractivity contribution in [2.24, 2.45) is 0 Å². The summed E-state index contributed by atoms with van der Waals surface area (Å²) in [6, 6.07) is 11.9. The van der Waals surface area contributed by atoms with Crippen LogP contribution < -0.4 is 4.90 Å². The van der Waals surface area contributed by atoms with Gasteiger partial charge in [0.1, 0.15) is 5.82 Å². The monoisotopic (exact) mass is 396 g/mol. The Hall–Kier alpha value is -3.19. The van der Waals surface area contributed by atoms with Gasteiger partial charge >= 0.3 is 0 Å². The van der Waals surface area contributed by atoms with Crippen LogP contribution in [0.1, 0.15) is 18.2 Å². The third-order valence-electron chi connectivity index (χ3n) is 4.93. The van der Waals surface area contributed by atoms with Crippen LogP contribution >= 0.6 is 11.6 Å². The number of carbonyl (C=O) groups excluding carboxylic acids is 1. The first kappa shape index (κ1) is 16.9. The molecule has 1 aliphatic heterocycles. The minimum Gasteiger partial charge on any atom is -0.361 e. The van der Waals surface area contributed by atoms with Crippen LogP contribution in [0.3, 0.4) is 0 Å². The van der Waals surface area contributed by atoms with Crippen LogP contribution in [-0.4, -0.2) is 27.6 Å². The topological polar surface area (TPSA) is 75.0 Å². The predicted octanol–water partition coefficient (Wildman–Crippen LogP) is 4.53. The quantitative estimate of drug-likeness (QED) is 0.552. The zero-order valence-corrected chi connectivity index (χ0v) is 15.3. The van der Waals surface area contributed by atoms with Crippen molar-refractivity contribution in [2.75, 3.05) is 11.4 Å². The van der Waals surface area contributed by atoms with E-state index in [-0.39, 0.29) is 30.5 Å². The molecule has 5 rings (SSSR count). The molecule has 1 unspecified atom stereocenters. The molecule has 2 aromatic heterocycles. The molecule has 4 aromatic rings. The first-order valence-corrected chi connectivity index (χ1v) is 9.13. The highest BCUT2D eigenvalue weighted by atomic mass is 35.5. The van der Waals surface area contributed by atoms with Gasteiger partial charge in [-0.2, -0.15) is 4.98 Å². The molecule has 140 valence electrons. The summed E-state index contributed by atoms with van der Waals surface area (Å²) in [5.74, 6) is -0.166. The fraction of sp³-hybridized carbons (Fsp3) is 0.150. The van der Waals surface area contributed by atoms with Gasteiger partial charge in [-0.25, -0.2) is 4.39 Å². The summed E-state index contributed by atoms with van der Waals surface area (Å²) < 4.78 is 19.6. The second-order valence-electron chi connectivity index (χ2n) is 6.74. The van der Waals surface area contributed by atoms with Gasteiger partial charge in [-0.3, -0.25) is 4.79 Å². The lowest BCUT2D eigenvalue weighted by atomic mass is 10.1. The van der Waals surface area contributed by atoms with E-state index in [1.165, 1.54) is 23.1 Å². The van der Waals surface area contributed by atoms with Crippen molar-refractivity contribution in [3.63, 3.8) is 0 Å². The number of H-pyrrole nitrogens is 1. The minimum absolute atomic E-state index is 0.168. The molecule has 0 spiro atoms. The van der Waals surface area contributed by atoms with Crippen LogP contribution in [0.5, 0.6) is 0 Å². The normalized spacial score (nSPS) is 17.0. The maximum absolute atomic E-state index is 14.1. The van der Waals surface area contributed by atoms with E-state index in [1.54, 1.807) is 0 Å². The molecule has 1 fully saturated rings. The Balaban J connectivity index is 1.41. The Morgan fingerprint density at radius 1 is 1.21 bits per heavy atom. The average molecular weight is 397 g/mol. The van der Waals surface area contributed by atoms with Crippen molar-refractivity contribution in [2.45, 2.75) is 12.3 Å². The van der Waals surface area contributed by atoms with Crippen LogP contribution in [0.25, 0.3) is 22.4 Å². The molecular weight excluding hydrogens is 383 g/mol. The molecule has 6 nitrogen and oxygen atoms in total. The third kappa shape index (κ3) is 2.84. The van der Waals surface area contributed by atoms with Crippen LogP contribution in [0.2, 0.25) is 5.02 Å². The summed E-state index contributed by atoms with van der Waals surface area (Å²) in [6.45, 7) is 0.269. The largest absolute Gasteiger partial charge is 0.361 e. The summed E-state index contributed by atoms with van der Waals surface area (Å²) in [5, 5.41) is 5.51. The number of aromatic nitrogens is 3. The van der Waals surface area contributed by atoms with E-state index in [0.717, 1.165) is 16.5 Å². The number of amides is 1. The van der Waals surface area contributed by atoms with Crippen LogP contribution in [0.15, 0.2) is 53.2 Å². The molecule has 0 saturated carbocycles. The van der Waals surface area contributed by atoms with Gasteiger partial charge in [0.05, 0.1) is 5.69 Å². The van der Waals surface area contributed by atoms with Crippen LogP contribution in [0.4, 0.5) is 10.1 Å². The molecule has 0 aliphatic carbocycles. The second kappa shape index (κ2) is 6.45. The van der Waals surface area contributed by atoms with Crippen molar-refractivity contribution in [1.82, 2.24) is 15.1 Å². The number of rotatable bonds is 3. The average Bonchev–Trinajstić information content (AvgIpc) is 3.42. The van der Waals surface area contributed by atoms with Crippen molar-refractivity contribution in [3.8, 4) is 11.5 Å². The van der Waals surface area contributed by atoms with Gasteiger partial charge < -0.3 is 14.4 Å². The zero-order valence-electron chi connectivity index (χ0n) is 14.5. The number of anilines is 1. The number of benzene rings is 2. The minimum atomic E-state index is -0.494. The number of halogens is 2. The molecule has 2 aromatic carbocycles. The molecule has 1 atom stereocenters. The van der Waals surface area contributed by atoms with E-state index in [4.69, 9.17) is 16.1 Å². The maximum Gasteiger partial charge on any atom is 0.258 e. The van der Waals surface area contributed by atoms with E-state index < -0.39 is 5.82 Å². The smallest absolute Gasteiger partial charge is 0.258 e. The molecule has 0 radical (unpaired) electrons. The van der Waals surface area contributed by atoms with E-state index in [9.17, 15) is 9.18 Å². The molecule has 3 heterocycles. The Bertz CT molecular complexity index is 1200. The summed E-state index contributed by atoms with van der Waals surface area (Å²) in [4.78, 5) is 21.4. The first-order chi connectivity index (χ1) is 13.6. The van der Waals surface area contributed by atoms with E-state index in [0.29, 0.717) is 16.7 Å². The lowest BCUT2D eigenvalue weighted by Crippen LogP contribution is -2.25. The summed E-state index contributed by atoms with van der Waals surface area (Å²) >= 11 is 5.95. The van der Waals surface area contributed by atoms with Crippen molar-refractivity contribution in [3.05, 3.63) is 65.3 Å². The van der Waals surface area contributed by atoms with Gasteiger partial charge in [-0.05, 0) is 41.8 Å². The summed E-state index contributed by atoms with van der Waals surface area (Å²) in [5.41, 5.74) is 1.92. The van der Waals surface area contributed by atoms with Crippen LogP contribution in [-0.2, 0) is 4.79 Å². The number of fused-ring (bicyclic) bond motifs is 1. The molecule has 1 amide bonds. The number of carbonyl (C=O) groups is 1. The van der Waals surface area contributed by atoms with Gasteiger partial charge in [-0.15, -0.1) is 0 Å². The SMILES string of the molecule is O=C1CC(c2noc(-c3ccc4cc[nH]c4c3)n2)CN1c1cc(Cl)ccc1F. The highest BCUT2D eigenvalue weighted by Crippen LogP contribution is 2.34. The second-order valence-corrected chi connectivity index (χ2v) is 7.17. The van der Waals surface area contributed by atoms with Gasteiger partial charge in [0.25, 0.3) is 5.89 Å². The fourth-order valence-corrected chi connectivity index (χ4v) is 3.67. The maximum atomic E-state index is 14.1. The number of aromatic amines is 1. The van der Waals surface area contributed by atoms with Crippen molar-refractivity contribution >= 4 is 34.1 Å². The highest BCUT2D eigenvalue weighted by Gasteiger charge is 2.35. The third-order valence-corrected chi connectivity index (χ3v) is 5.17. The lowest BCUT2D eigenvalue weighted by Gasteiger charge is -2.17. The zero-order chi connectivity index (χ0) is 19.3. The summed E-state index contributed by atoms with van der Waals surface area (Å²) in [6.07, 6.45) is 2.04. The molecule has 0 bridgehead atoms. The Morgan fingerprint density at radius 3 is 3.00 bits per heavy atom. The first-order valence-electron chi connectivity index (χ1n) is 8.75. The Labute approximate surface area is 163 Å². The fourth-order valence-electron chi connectivity index (χ4n) is 3.50.